The monoisotopic (exact) mass is 240 g/mol. The van der Waals surface area contributed by atoms with Crippen LogP contribution in [-0.2, 0) is 0 Å². The van der Waals surface area contributed by atoms with Gasteiger partial charge in [-0.3, -0.25) is 4.90 Å². The predicted molar refractivity (Wildman–Crippen MR) is 76.4 cm³/mol. The molecule has 102 valence electrons. The summed E-state index contributed by atoms with van der Waals surface area (Å²) in [5.74, 6) is 0.771. The van der Waals surface area contributed by atoms with Gasteiger partial charge in [-0.15, -0.1) is 0 Å². The molecule has 1 aliphatic rings. The second-order valence-electron chi connectivity index (χ2n) is 5.78. The molecule has 0 saturated carbocycles. The van der Waals surface area contributed by atoms with E-state index in [1.54, 1.807) is 0 Å². The molecule has 1 aliphatic heterocycles. The zero-order valence-electron chi connectivity index (χ0n) is 12.5. The molecule has 4 unspecified atom stereocenters. The lowest BCUT2D eigenvalue weighted by Crippen LogP contribution is -2.55. The van der Waals surface area contributed by atoms with Crippen molar-refractivity contribution >= 4 is 0 Å². The Hall–Kier alpha value is -0.0800. The average molecular weight is 240 g/mol. The van der Waals surface area contributed by atoms with Crippen LogP contribution in [0, 0.1) is 5.92 Å². The molecule has 1 saturated heterocycles. The van der Waals surface area contributed by atoms with Crippen LogP contribution < -0.4 is 5.32 Å². The number of nitrogens with zero attached hydrogens (tertiary/aromatic N) is 1. The van der Waals surface area contributed by atoms with E-state index < -0.39 is 0 Å². The number of hydrogen-bond acceptors (Lipinski definition) is 2. The first-order valence-corrected chi connectivity index (χ1v) is 7.60. The molecule has 1 N–H and O–H groups in total. The first-order valence-electron chi connectivity index (χ1n) is 7.60. The van der Waals surface area contributed by atoms with Crippen molar-refractivity contribution in [3.05, 3.63) is 0 Å². The van der Waals surface area contributed by atoms with Gasteiger partial charge in [0.2, 0.25) is 0 Å². The minimum absolute atomic E-state index is 0.722. The highest BCUT2D eigenvalue weighted by atomic mass is 15.2. The summed E-state index contributed by atoms with van der Waals surface area (Å²) in [5.41, 5.74) is 0. The summed E-state index contributed by atoms with van der Waals surface area (Å²) in [5, 5.41) is 3.64. The molecule has 0 radical (unpaired) electrons. The Morgan fingerprint density at radius 2 is 2.00 bits per heavy atom. The highest BCUT2D eigenvalue weighted by Gasteiger charge is 2.33. The van der Waals surface area contributed by atoms with Gasteiger partial charge < -0.3 is 5.32 Å². The van der Waals surface area contributed by atoms with Crippen LogP contribution in [0.15, 0.2) is 0 Å². The van der Waals surface area contributed by atoms with Crippen molar-refractivity contribution in [1.29, 1.82) is 0 Å². The summed E-state index contributed by atoms with van der Waals surface area (Å²) in [6.45, 7) is 14.1. The van der Waals surface area contributed by atoms with Gasteiger partial charge in [-0.1, -0.05) is 33.6 Å². The molecule has 1 heterocycles. The van der Waals surface area contributed by atoms with Gasteiger partial charge in [0, 0.05) is 24.7 Å². The normalized spacial score (nSPS) is 32.6. The summed E-state index contributed by atoms with van der Waals surface area (Å²) in [6.07, 6.45) is 5.37. The van der Waals surface area contributed by atoms with Gasteiger partial charge in [0.25, 0.3) is 0 Å². The van der Waals surface area contributed by atoms with Gasteiger partial charge >= 0.3 is 0 Å². The van der Waals surface area contributed by atoms with Crippen LogP contribution in [0.1, 0.15) is 60.3 Å². The molecule has 0 aromatic heterocycles. The number of rotatable bonds is 6. The molecule has 1 rings (SSSR count). The number of piperidine rings is 1. The third-order valence-corrected chi connectivity index (χ3v) is 4.62. The van der Waals surface area contributed by atoms with E-state index in [-0.39, 0.29) is 0 Å². The zero-order chi connectivity index (χ0) is 12.8. The van der Waals surface area contributed by atoms with Crippen LogP contribution in [-0.4, -0.2) is 36.1 Å². The number of nitrogens with one attached hydrogen (secondary N) is 1. The second kappa shape index (κ2) is 7.38. The van der Waals surface area contributed by atoms with E-state index in [0.29, 0.717) is 0 Å². The molecule has 0 aromatic carbocycles. The van der Waals surface area contributed by atoms with Gasteiger partial charge in [0.1, 0.15) is 0 Å². The summed E-state index contributed by atoms with van der Waals surface area (Å²) < 4.78 is 0. The largest absolute Gasteiger partial charge is 0.314 e. The molecule has 17 heavy (non-hydrogen) atoms. The number of unbranched alkanes of at least 4 members (excludes halogenated alkanes) is 1. The zero-order valence-corrected chi connectivity index (χ0v) is 12.5. The van der Waals surface area contributed by atoms with E-state index in [1.165, 1.54) is 32.2 Å². The highest BCUT2D eigenvalue weighted by molar-refractivity contribution is 4.90. The Labute approximate surface area is 108 Å². The average Bonchev–Trinajstić information content (AvgIpc) is 2.32. The molecular weight excluding hydrogens is 208 g/mol. The Morgan fingerprint density at radius 3 is 2.59 bits per heavy atom. The molecule has 0 aliphatic carbocycles. The smallest absolute Gasteiger partial charge is 0.0120 e. The minimum atomic E-state index is 0.722. The Kier molecular flexibility index (Phi) is 6.50. The quantitative estimate of drug-likeness (QED) is 0.766. The van der Waals surface area contributed by atoms with E-state index in [2.05, 4.69) is 44.8 Å². The van der Waals surface area contributed by atoms with E-state index in [1.807, 2.05) is 0 Å². The molecule has 4 atom stereocenters. The van der Waals surface area contributed by atoms with Crippen molar-refractivity contribution in [3.63, 3.8) is 0 Å². The Bertz CT molecular complexity index is 205. The summed E-state index contributed by atoms with van der Waals surface area (Å²) in [4.78, 5) is 2.73. The minimum Gasteiger partial charge on any atom is -0.314 e. The van der Waals surface area contributed by atoms with E-state index in [4.69, 9.17) is 0 Å². The van der Waals surface area contributed by atoms with Crippen molar-refractivity contribution in [1.82, 2.24) is 10.2 Å². The van der Waals surface area contributed by atoms with Crippen LogP contribution >= 0.6 is 0 Å². The van der Waals surface area contributed by atoms with E-state index >= 15 is 0 Å². The molecule has 2 heteroatoms. The van der Waals surface area contributed by atoms with Crippen LogP contribution in [0.2, 0.25) is 0 Å². The third-order valence-electron chi connectivity index (χ3n) is 4.62. The number of likely N-dealkylation sites (tertiary alicyclic amines) is 1. The first-order chi connectivity index (χ1) is 8.11. The molecule has 2 nitrogen and oxygen atoms in total. The lowest BCUT2D eigenvalue weighted by Gasteiger charge is -2.46. The lowest BCUT2D eigenvalue weighted by atomic mass is 9.85. The maximum absolute atomic E-state index is 3.64. The fraction of sp³-hybridized carbons (Fsp3) is 1.00. The van der Waals surface area contributed by atoms with E-state index in [9.17, 15) is 0 Å². The molecule has 0 bridgehead atoms. The van der Waals surface area contributed by atoms with Crippen molar-refractivity contribution in [2.45, 2.75) is 78.4 Å². The Balaban J connectivity index is 2.49. The topological polar surface area (TPSA) is 15.3 Å². The third kappa shape index (κ3) is 3.96. The van der Waals surface area contributed by atoms with Gasteiger partial charge in [0.05, 0.1) is 0 Å². The predicted octanol–water partition coefficient (Wildman–Crippen LogP) is 3.27. The summed E-state index contributed by atoms with van der Waals surface area (Å²) in [6, 6.07) is 2.21. The Morgan fingerprint density at radius 1 is 1.29 bits per heavy atom. The van der Waals surface area contributed by atoms with Crippen LogP contribution in [0.3, 0.4) is 0 Å². The second-order valence-corrected chi connectivity index (χ2v) is 5.78. The van der Waals surface area contributed by atoms with Crippen LogP contribution in [0.4, 0.5) is 0 Å². The van der Waals surface area contributed by atoms with Gasteiger partial charge in [-0.05, 0) is 39.2 Å². The van der Waals surface area contributed by atoms with Crippen LogP contribution in [0.25, 0.3) is 0 Å². The fourth-order valence-electron chi connectivity index (χ4n) is 3.23. The molecule has 0 amide bonds. The summed E-state index contributed by atoms with van der Waals surface area (Å²) in [7, 11) is 0. The summed E-state index contributed by atoms with van der Waals surface area (Å²) >= 11 is 0. The fourth-order valence-corrected chi connectivity index (χ4v) is 3.23. The van der Waals surface area contributed by atoms with Gasteiger partial charge in [-0.2, -0.15) is 0 Å². The maximum atomic E-state index is 3.64. The molecule has 0 spiro atoms. The van der Waals surface area contributed by atoms with E-state index in [0.717, 1.165) is 30.6 Å². The van der Waals surface area contributed by atoms with Crippen molar-refractivity contribution in [3.8, 4) is 0 Å². The SMILES string of the molecule is CCCCC(C)N1CCC(NCC)C(C)C1C. The molecular formula is C15H32N2. The van der Waals surface area contributed by atoms with Crippen LogP contribution in [0.5, 0.6) is 0 Å². The van der Waals surface area contributed by atoms with Crippen molar-refractivity contribution in [2.75, 3.05) is 13.1 Å². The molecule has 1 fully saturated rings. The van der Waals surface area contributed by atoms with Gasteiger partial charge in [-0.25, -0.2) is 0 Å². The van der Waals surface area contributed by atoms with Gasteiger partial charge in [0.15, 0.2) is 0 Å². The maximum Gasteiger partial charge on any atom is 0.0120 e. The van der Waals surface area contributed by atoms with Crippen molar-refractivity contribution in [2.24, 2.45) is 5.92 Å². The standard InChI is InChI=1S/C15H32N2/c1-6-8-9-12(3)17-11-10-15(16-7-2)13(4)14(17)5/h12-16H,6-11H2,1-5H3. The van der Waals surface area contributed by atoms with Crippen molar-refractivity contribution < 1.29 is 0 Å². The lowest BCUT2D eigenvalue weighted by molar-refractivity contribution is 0.0495. The number of hydrogen-bond donors (Lipinski definition) is 1. The highest BCUT2D eigenvalue weighted by Crippen LogP contribution is 2.26. The molecule has 0 aromatic rings. The first kappa shape index (κ1) is 15.0.